The molecule has 1 aliphatic heterocycles. The van der Waals surface area contributed by atoms with E-state index in [1.165, 1.54) is 4.90 Å². The Morgan fingerprint density at radius 2 is 1.72 bits per heavy atom. The molecule has 5 nitrogen and oxygen atoms in total. The lowest BCUT2D eigenvalue weighted by Gasteiger charge is -2.25. The van der Waals surface area contributed by atoms with Gasteiger partial charge in [0.15, 0.2) is 0 Å². The Labute approximate surface area is 175 Å². The van der Waals surface area contributed by atoms with E-state index in [-0.39, 0.29) is 29.6 Å². The van der Waals surface area contributed by atoms with Crippen molar-refractivity contribution in [2.75, 3.05) is 10.2 Å². The zero-order chi connectivity index (χ0) is 20.7. The van der Waals surface area contributed by atoms with Gasteiger partial charge in [0.1, 0.15) is 0 Å². The lowest BCUT2D eigenvalue weighted by Crippen LogP contribution is -2.30. The van der Waals surface area contributed by atoms with Gasteiger partial charge in [-0.3, -0.25) is 19.3 Å². The highest BCUT2D eigenvalue weighted by molar-refractivity contribution is 6.31. The number of imide groups is 1. The summed E-state index contributed by atoms with van der Waals surface area (Å²) in [5.74, 6) is -0.443. The van der Waals surface area contributed by atoms with Gasteiger partial charge in [-0.1, -0.05) is 24.6 Å². The first-order chi connectivity index (χ1) is 13.9. The number of carbonyl (C=O) groups excluding carboxylic acids is 3. The topological polar surface area (TPSA) is 66.5 Å². The standard InChI is InChI=1S/C23H23ClN2O3/c1-13-6-11-17-18(12-13)23(29)26(22(17)28)16-9-7-15(8-10-16)21(27)25-20-5-3-4-19(24)14(20)2/h3-5,7-10,13,17-18H,6,11-12H2,1-2H3,(H,25,27)/t13-,17+,18+/m1/s1. The molecule has 2 aliphatic rings. The summed E-state index contributed by atoms with van der Waals surface area (Å²) >= 11 is 6.10. The Bertz CT molecular complexity index is 986. The Kier molecular flexibility index (Phi) is 5.17. The number of hydrogen-bond acceptors (Lipinski definition) is 3. The monoisotopic (exact) mass is 410 g/mol. The van der Waals surface area contributed by atoms with Gasteiger partial charge in [-0.25, -0.2) is 0 Å². The van der Waals surface area contributed by atoms with Gasteiger partial charge in [0.25, 0.3) is 5.91 Å². The summed E-state index contributed by atoms with van der Waals surface area (Å²) in [4.78, 5) is 39.5. The zero-order valence-corrected chi connectivity index (χ0v) is 17.2. The number of rotatable bonds is 3. The minimum atomic E-state index is -0.275. The number of amides is 3. The van der Waals surface area contributed by atoms with Crippen LogP contribution in [0.15, 0.2) is 42.5 Å². The van der Waals surface area contributed by atoms with E-state index >= 15 is 0 Å². The Morgan fingerprint density at radius 3 is 2.45 bits per heavy atom. The molecule has 6 heteroatoms. The number of anilines is 2. The van der Waals surface area contributed by atoms with E-state index in [0.717, 1.165) is 24.8 Å². The molecule has 3 amide bonds. The molecule has 0 aromatic heterocycles. The number of carbonyl (C=O) groups is 3. The number of hydrogen-bond donors (Lipinski definition) is 1. The van der Waals surface area contributed by atoms with Gasteiger partial charge in [0, 0.05) is 16.3 Å². The minimum absolute atomic E-state index is 0.112. The Hall–Kier alpha value is -2.66. The van der Waals surface area contributed by atoms with Crippen LogP contribution in [-0.2, 0) is 9.59 Å². The van der Waals surface area contributed by atoms with E-state index in [0.29, 0.717) is 27.9 Å². The average Bonchev–Trinajstić information content (AvgIpc) is 2.95. The van der Waals surface area contributed by atoms with Crippen molar-refractivity contribution in [2.24, 2.45) is 17.8 Å². The molecule has 0 bridgehead atoms. The third-order valence-corrected chi connectivity index (χ3v) is 6.50. The van der Waals surface area contributed by atoms with Crippen molar-refractivity contribution >= 4 is 40.7 Å². The SMILES string of the molecule is Cc1c(Cl)cccc1NC(=O)c1ccc(N2C(=O)[C@H]3CC[C@@H](C)C[C@@H]3C2=O)cc1. The van der Waals surface area contributed by atoms with Gasteiger partial charge < -0.3 is 5.32 Å². The number of nitrogens with one attached hydrogen (secondary N) is 1. The summed E-state index contributed by atoms with van der Waals surface area (Å²) in [5, 5.41) is 3.43. The molecule has 150 valence electrons. The average molecular weight is 411 g/mol. The zero-order valence-electron chi connectivity index (χ0n) is 16.4. The fraction of sp³-hybridized carbons (Fsp3) is 0.348. The van der Waals surface area contributed by atoms with Crippen LogP contribution in [0.25, 0.3) is 0 Å². The summed E-state index contributed by atoms with van der Waals surface area (Å²) in [7, 11) is 0. The maximum absolute atomic E-state index is 12.8. The second-order valence-corrected chi connectivity index (χ2v) is 8.46. The predicted molar refractivity (Wildman–Crippen MR) is 113 cm³/mol. The van der Waals surface area contributed by atoms with Crippen LogP contribution in [0.4, 0.5) is 11.4 Å². The molecule has 1 N–H and O–H groups in total. The van der Waals surface area contributed by atoms with Crippen LogP contribution in [0.3, 0.4) is 0 Å². The van der Waals surface area contributed by atoms with E-state index in [1.54, 1.807) is 42.5 Å². The van der Waals surface area contributed by atoms with Gasteiger partial charge in [0.2, 0.25) is 11.8 Å². The van der Waals surface area contributed by atoms with Crippen molar-refractivity contribution in [2.45, 2.75) is 33.1 Å². The molecule has 2 aromatic rings. The smallest absolute Gasteiger partial charge is 0.255 e. The first kappa shape index (κ1) is 19.6. The molecule has 1 saturated carbocycles. The van der Waals surface area contributed by atoms with E-state index in [4.69, 9.17) is 11.6 Å². The molecule has 1 aliphatic carbocycles. The molecular weight excluding hydrogens is 388 g/mol. The van der Waals surface area contributed by atoms with Crippen LogP contribution < -0.4 is 10.2 Å². The number of fused-ring (bicyclic) bond motifs is 1. The maximum atomic E-state index is 12.8. The molecule has 1 heterocycles. The van der Waals surface area contributed by atoms with Crippen molar-refractivity contribution in [3.05, 3.63) is 58.6 Å². The predicted octanol–water partition coefficient (Wildman–Crippen LogP) is 4.83. The molecule has 0 spiro atoms. The highest BCUT2D eigenvalue weighted by atomic mass is 35.5. The highest BCUT2D eigenvalue weighted by Gasteiger charge is 2.49. The van der Waals surface area contributed by atoms with Gasteiger partial charge in [-0.15, -0.1) is 0 Å². The second kappa shape index (κ2) is 7.64. The largest absolute Gasteiger partial charge is 0.322 e. The molecule has 4 rings (SSSR count). The van der Waals surface area contributed by atoms with E-state index in [9.17, 15) is 14.4 Å². The van der Waals surface area contributed by atoms with Crippen LogP contribution >= 0.6 is 11.6 Å². The normalized spacial score (nSPS) is 23.8. The van der Waals surface area contributed by atoms with Crippen molar-refractivity contribution in [3.63, 3.8) is 0 Å². The van der Waals surface area contributed by atoms with Crippen LogP contribution in [0.1, 0.15) is 42.1 Å². The first-order valence-electron chi connectivity index (χ1n) is 9.91. The molecule has 2 fully saturated rings. The van der Waals surface area contributed by atoms with Crippen LogP contribution in [0.5, 0.6) is 0 Å². The molecule has 0 unspecified atom stereocenters. The molecule has 29 heavy (non-hydrogen) atoms. The van der Waals surface area contributed by atoms with Crippen molar-refractivity contribution in [1.82, 2.24) is 0 Å². The van der Waals surface area contributed by atoms with Gasteiger partial charge in [-0.2, -0.15) is 0 Å². The van der Waals surface area contributed by atoms with Crippen LogP contribution in [-0.4, -0.2) is 17.7 Å². The molecule has 2 aromatic carbocycles. The van der Waals surface area contributed by atoms with Crippen LogP contribution in [0, 0.1) is 24.7 Å². The number of benzene rings is 2. The lowest BCUT2D eigenvalue weighted by molar-refractivity contribution is -0.122. The second-order valence-electron chi connectivity index (χ2n) is 8.06. The molecule has 3 atom stereocenters. The van der Waals surface area contributed by atoms with E-state index < -0.39 is 0 Å². The molecule has 1 saturated heterocycles. The lowest BCUT2D eigenvalue weighted by atomic mass is 9.76. The summed E-state index contributed by atoms with van der Waals surface area (Å²) < 4.78 is 0. The number of nitrogens with zero attached hydrogens (tertiary/aromatic N) is 1. The van der Waals surface area contributed by atoms with Crippen LogP contribution in [0.2, 0.25) is 5.02 Å². The Balaban J connectivity index is 1.52. The van der Waals surface area contributed by atoms with E-state index in [1.807, 2.05) is 6.92 Å². The van der Waals surface area contributed by atoms with Crippen molar-refractivity contribution in [3.8, 4) is 0 Å². The van der Waals surface area contributed by atoms with E-state index in [2.05, 4.69) is 12.2 Å². The van der Waals surface area contributed by atoms with Gasteiger partial charge >= 0.3 is 0 Å². The quantitative estimate of drug-likeness (QED) is 0.737. The molecular formula is C23H23ClN2O3. The molecule has 0 radical (unpaired) electrons. The summed E-state index contributed by atoms with van der Waals surface area (Å²) in [6, 6.07) is 11.9. The number of halogens is 1. The third kappa shape index (κ3) is 3.55. The minimum Gasteiger partial charge on any atom is -0.322 e. The van der Waals surface area contributed by atoms with Crippen molar-refractivity contribution in [1.29, 1.82) is 0 Å². The third-order valence-electron chi connectivity index (χ3n) is 6.09. The van der Waals surface area contributed by atoms with Gasteiger partial charge in [0.05, 0.1) is 17.5 Å². The fourth-order valence-electron chi connectivity index (χ4n) is 4.34. The first-order valence-corrected chi connectivity index (χ1v) is 10.3. The Morgan fingerprint density at radius 1 is 1.03 bits per heavy atom. The maximum Gasteiger partial charge on any atom is 0.255 e. The summed E-state index contributed by atoms with van der Waals surface area (Å²) in [6.07, 6.45) is 2.52. The van der Waals surface area contributed by atoms with Crippen molar-refractivity contribution < 1.29 is 14.4 Å². The fourth-order valence-corrected chi connectivity index (χ4v) is 4.52. The van der Waals surface area contributed by atoms with Gasteiger partial charge in [-0.05, 0) is 74.1 Å². The highest BCUT2D eigenvalue weighted by Crippen LogP contribution is 2.42. The summed E-state index contributed by atoms with van der Waals surface area (Å²) in [6.45, 7) is 3.97. The summed E-state index contributed by atoms with van der Waals surface area (Å²) in [5.41, 5.74) is 2.41.